The highest BCUT2D eigenvalue weighted by Gasteiger charge is 2.16. The van der Waals surface area contributed by atoms with Gasteiger partial charge in [0, 0.05) is 48.8 Å². The number of para-hydroxylation sites is 1. The third-order valence-corrected chi connectivity index (χ3v) is 6.94. The summed E-state index contributed by atoms with van der Waals surface area (Å²) in [6, 6.07) is 15.2. The number of nitrogens with zero attached hydrogens (tertiary/aromatic N) is 2. The molecule has 0 atom stereocenters. The fourth-order valence-corrected chi connectivity index (χ4v) is 4.59. The van der Waals surface area contributed by atoms with Crippen LogP contribution in [0.15, 0.2) is 48.7 Å². The smallest absolute Gasteiger partial charge is 0.173 e. The van der Waals surface area contributed by atoms with Gasteiger partial charge in [-0.1, -0.05) is 24.3 Å². The highest BCUT2D eigenvalue weighted by Crippen LogP contribution is 2.23. The van der Waals surface area contributed by atoms with Crippen LogP contribution in [0.2, 0.25) is 0 Å². The molecule has 1 heterocycles. The Hall–Kier alpha value is -2.37. The summed E-state index contributed by atoms with van der Waals surface area (Å²) < 4.78 is 2.34. The zero-order valence-corrected chi connectivity index (χ0v) is 21.2. The lowest BCUT2D eigenvalue weighted by Gasteiger charge is -2.27. The lowest BCUT2D eigenvalue weighted by atomic mass is 10.1. The molecular weight excluding hydrogens is 412 g/mol. The van der Waals surface area contributed by atoms with E-state index >= 15 is 0 Å². The van der Waals surface area contributed by atoms with Crippen LogP contribution in [0, 0.1) is 13.8 Å². The summed E-state index contributed by atoms with van der Waals surface area (Å²) in [6.07, 6.45) is 3.42. The van der Waals surface area contributed by atoms with Gasteiger partial charge in [-0.15, -0.1) is 0 Å². The molecule has 4 nitrogen and oxygen atoms in total. The molecular formula is C27H39N4S+. The van der Waals surface area contributed by atoms with Crippen molar-refractivity contribution in [1.29, 1.82) is 0 Å². The van der Waals surface area contributed by atoms with Crippen molar-refractivity contribution >= 4 is 33.9 Å². The SMILES string of the molecule is CCn1cc(CN(CCC[NH+](CC)CC)C(=S)Nc2ccc(C)c(C)c2)c2ccccc21. The Labute approximate surface area is 199 Å². The average molecular weight is 452 g/mol. The molecule has 3 rings (SSSR count). The van der Waals surface area contributed by atoms with Gasteiger partial charge in [0.15, 0.2) is 5.11 Å². The molecule has 0 fully saturated rings. The van der Waals surface area contributed by atoms with Crippen LogP contribution in [0.25, 0.3) is 10.9 Å². The molecule has 32 heavy (non-hydrogen) atoms. The second kappa shape index (κ2) is 11.5. The van der Waals surface area contributed by atoms with Crippen LogP contribution in [0.5, 0.6) is 0 Å². The van der Waals surface area contributed by atoms with E-state index in [1.165, 1.54) is 47.2 Å². The summed E-state index contributed by atoms with van der Waals surface area (Å²) in [4.78, 5) is 3.98. The topological polar surface area (TPSA) is 24.6 Å². The molecule has 1 aromatic heterocycles. The molecule has 0 spiro atoms. The van der Waals surface area contributed by atoms with E-state index in [1.807, 2.05) is 0 Å². The van der Waals surface area contributed by atoms with E-state index in [2.05, 4.69) is 98.1 Å². The molecule has 0 amide bonds. The average Bonchev–Trinajstić information content (AvgIpc) is 3.16. The summed E-state index contributed by atoms with van der Waals surface area (Å²) in [5.41, 5.74) is 6.27. The number of aryl methyl sites for hydroxylation is 3. The first kappa shape index (κ1) is 24.3. The number of fused-ring (bicyclic) bond motifs is 1. The molecule has 0 aliphatic heterocycles. The summed E-state index contributed by atoms with van der Waals surface area (Å²) in [5, 5.41) is 5.63. The maximum Gasteiger partial charge on any atom is 0.173 e. The van der Waals surface area contributed by atoms with Crippen molar-refractivity contribution in [1.82, 2.24) is 9.47 Å². The van der Waals surface area contributed by atoms with Crippen LogP contribution in [-0.4, -0.2) is 40.8 Å². The van der Waals surface area contributed by atoms with Gasteiger partial charge in [0.05, 0.1) is 19.6 Å². The fraction of sp³-hybridized carbons (Fsp3) is 0.444. The molecule has 0 aliphatic carbocycles. The zero-order valence-electron chi connectivity index (χ0n) is 20.4. The fourth-order valence-electron chi connectivity index (χ4n) is 4.31. The van der Waals surface area contributed by atoms with Gasteiger partial charge in [-0.05, 0) is 81.7 Å². The summed E-state index contributed by atoms with van der Waals surface area (Å²) in [7, 11) is 0. The van der Waals surface area contributed by atoms with Crippen molar-refractivity contribution in [2.24, 2.45) is 0 Å². The first-order valence-electron chi connectivity index (χ1n) is 12.0. The maximum atomic E-state index is 5.93. The number of hydrogen-bond donors (Lipinski definition) is 2. The number of nitrogens with one attached hydrogen (secondary N) is 2. The molecule has 0 bridgehead atoms. The van der Waals surface area contributed by atoms with Crippen LogP contribution >= 0.6 is 12.2 Å². The molecule has 2 N–H and O–H groups in total. The van der Waals surface area contributed by atoms with Crippen LogP contribution in [0.4, 0.5) is 5.69 Å². The molecule has 0 saturated carbocycles. The van der Waals surface area contributed by atoms with E-state index in [9.17, 15) is 0 Å². The monoisotopic (exact) mass is 451 g/mol. The zero-order chi connectivity index (χ0) is 23.1. The highest BCUT2D eigenvalue weighted by atomic mass is 32.1. The van der Waals surface area contributed by atoms with Crippen LogP contribution in [-0.2, 0) is 13.1 Å². The van der Waals surface area contributed by atoms with Crippen LogP contribution < -0.4 is 10.2 Å². The van der Waals surface area contributed by atoms with Gasteiger partial charge in [0.1, 0.15) is 0 Å². The lowest BCUT2D eigenvalue weighted by molar-refractivity contribution is -0.896. The largest absolute Gasteiger partial charge is 0.347 e. The molecule has 0 aliphatic rings. The molecule has 5 heteroatoms. The van der Waals surface area contributed by atoms with Gasteiger partial charge in [-0.25, -0.2) is 0 Å². The van der Waals surface area contributed by atoms with Gasteiger partial charge in [-0.2, -0.15) is 0 Å². The second-order valence-electron chi connectivity index (χ2n) is 8.67. The minimum atomic E-state index is 0.802. The number of quaternary nitrogens is 1. The molecule has 3 aromatic rings. The standard InChI is InChI=1S/C27H38N4S/c1-6-29(7-2)16-11-17-31(27(32)28-24-15-14-21(4)22(5)18-24)20-23-19-30(8-3)26-13-10-9-12-25(23)26/h9-10,12-15,18-19H,6-8,11,16-17,20H2,1-5H3,(H,28,32)/p+1. The molecule has 0 unspecified atom stereocenters. The minimum Gasteiger partial charge on any atom is -0.347 e. The van der Waals surface area contributed by atoms with Crippen molar-refractivity contribution in [3.05, 3.63) is 65.4 Å². The molecule has 0 radical (unpaired) electrons. The summed E-state index contributed by atoms with van der Waals surface area (Å²) in [5.74, 6) is 0. The van der Waals surface area contributed by atoms with E-state index in [0.29, 0.717) is 0 Å². The number of hydrogen-bond acceptors (Lipinski definition) is 1. The number of anilines is 1. The van der Waals surface area contributed by atoms with Gasteiger partial charge < -0.3 is 19.7 Å². The number of benzene rings is 2. The third-order valence-electron chi connectivity index (χ3n) is 6.58. The summed E-state index contributed by atoms with van der Waals surface area (Å²) >= 11 is 5.93. The van der Waals surface area contributed by atoms with Crippen LogP contribution in [0.3, 0.4) is 0 Å². The molecule has 172 valence electrons. The Morgan fingerprint density at radius 2 is 1.78 bits per heavy atom. The van der Waals surface area contributed by atoms with Crippen molar-refractivity contribution in [3.63, 3.8) is 0 Å². The Morgan fingerprint density at radius 1 is 1.03 bits per heavy atom. The van der Waals surface area contributed by atoms with Gasteiger partial charge in [-0.3, -0.25) is 0 Å². The van der Waals surface area contributed by atoms with Crippen molar-refractivity contribution in [3.8, 4) is 0 Å². The number of rotatable bonds is 10. The van der Waals surface area contributed by atoms with E-state index in [0.717, 1.165) is 36.9 Å². The van der Waals surface area contributed by atoms with Crippen molar-refractivity contribution in [2.75, 3.05) is 31.5 Å². The van der Waals surface area contributed by atoms with Crippen molar-refractivity contribution in [2.45, 2.75) is 54.1 Å². The molecule has 2 aromatic carbocycles. The van der Waals surface area contributed by atoms with E-state index in [-0.39, 0.29) is 0 Å². The van der Waals surface area contributed by atoms with Crippen LogP contribution in [0.1, 0.15) is 43.9 Å². The van der Waals surface area contributed by atoms with E-state index < -0.39 is 0 Å². The predicted octanol–water partition coefficient (Wildman–Crippen LogP) is 4.79. The minimum absolute atomic E-state index is 0.802. The quantitative estimate of drug-likeness (QED) is 0.434. The Bertz CT molecular complexity index is 1040. The summed E-state index contributed by atoms with van der Waals surface area (Å²) in [6.45, 7) is 17.3. The Balaban J connectivity index is 1.81. The second-order valence-corrected chi connectivity index (χ2v) is 9.06. The van der Waals surface area contributed by atoms with Gasteiger partial charge in [0.25, 0.3) is 0 Å². The Morgan fingerprint density at radius 3 is 2.47 bits per heavy atom. The predicted molar refractivity (Wildman–Crippen MR) is 142 cm³/mol. The number of thiocarbonyl (C=S) groups is 1. The van der Waals surface area contributed by atoms with Crippen molar-refractivity contribution < 1.29 is 4.90 Å². The third kappa shape index (κ3) is 5.90. The Kier molecular flexibility index (Phi) is 8.71. The number of aromatic nitrogens is 1. The first-order chi connectivity index (χ1) is 15.5. The van der Waals surface area contributed by atoms with E-state index in [4.69, 9.17) is 12.2 Å². The van der Waals surface area contributed by atoms with Gasteiger partial charge in [0.2, 0.25) is 0 Å². The first-order valence-corrected chi connectivity index (χ1v) is 12.4. The van der Waals surface area contributed by atoms with E-state index in [1.54, 1.807) is 4.90 Å². The lowest BCUT2D eigenvalue weighted by Crippen LogP contribution is -3.11. The maximum absolute atomic E-state index is 5.93. The highest BCUT2D eigenvalue weighted by molar-refractivity contribution is 7.80. The molecule has 0 saturated heterocycles. The van der Waals surface area contributed by atoms with Gasteiger partial charge >= 0.3 is 0 Å². The normalized spacial score (nSPS) is 11.3.